The summed E-state index contributed by atoms with van der Waals surface area (Å²) in [5.41, 5.74) is 2.70. The molecule has 0 aromatic heterocycles. The number of allylic oxidation sites excluding steroid dienone is 3. The van der Waals surface area contributed by atoms with E-state index in [0.29, 0.717) is 5.92 Å². The minimum Gasteiger partial charge on any atom is -0.348 e. The van der Waals surface area contributed by atoms with Crippen molar-refractivity contribution in [2.24, 2.45) is 11.8 Å². The van der Waals surface area contributed by atoms with Gasteiger partial charge >= 0.3 is 0 Å². The van der Waals surface area contributed by atoms with Gasteiger partial charge in [-0.15, -0.1) is 0 Å². The van der Waals surface area contributed by atoms with Crippen molar-refractivity contribution >= 4 is 5.91 Å². The lowest BCUT2D eigenvalue weighted by atomic mass is 9.80. The molecule has 1 fully saturated rings. The third kappa shape index (κ3) is 12.4. The number of amides is 1. The molecule has 0 aromatic rings. The average Bonchev–Trinajstić information content (AvgIpc) is 2.67. The van der Waals surface area contributed by atoms with E-state index in [0.717, 1.165) is 12.8 Å². The smallest absolute Gasteiger partial charge is 0.229 e. The van der Waals surface area contributed by atoms with Crippen LogP contribution in [0.5, 0.6) is 0 Å². The molecule has 2 rings (SSSR count). The summed E-state index contributed by atoms with van der Waals surface area (Å²) in [4.78, 5) is 13.8. The summed E-state index contributed by atoms with van der Waals surface area (Å²) >= 11 is 0. The summed E-state index contributed by atoms with van der Waals surface area (Å²) in [5.74, 6) is 0.793. The van der Waals surface area contributed by atoms with Gasteiger partial charge in [0.25, 0.3) is 0 Å². The molecule has 2 unspecified atom stereocenters. The van der Waals surface area contributed by atoms with Gasteiger partial charge in [-0.1, -0.05) is 116 Å². The molecule has 2 nitrogen and oxygen atoms in total. The Kier molecular flexibility index (Phi) is 20.1. The van der Waals surface area contributed by atoms with Gasteiger partial charge in [-0.25, -0.2) is 0 Å². The molecule has 1 saturated carbocycles. The standard InChI is InChI=1S/C14H23NO.C8H16.2C2H6/c1-6-12(14(16)15(4)5)13-8-7-10(2)9-11(13)3;1-2-4-6-8-7-5-3-1;2*1-2/h7-8,11-12H,6,9H2,1-5H3;1-8H2;2*1-2H3. The number of hydrogen-bond acceptors (Lipinski definition) is 1. The maximum absolute atomic E-state index is 12.1. The van der Waals surface area contributed by atoms with Crippen molar-refractivity contribution in [3.8, 4) is 0 Å². The van der Waals surface area contributed by atoms with Gasteiger partial charge in [0.1, 0.15) is 0 Å². The van der Waals surface area contributed by atoms with Crippen LogP contribution < -0.4 is 0 Å². The van der Waals surface area contributed by atoms with Crippen LogP contribution in [0.3, 0.4) is 0 Å². The molecule has 0 bridgehead atoms. The zero-order chi connectivity index (χ0) is 21.9. The fourth-order valence-corrected chi connectivity index (χ4v) is 3.81. The van der Waals surface area contributed by atoms with E-state index >= 15 is 0 Å². The van der Waals surface area contributed by atoms with Gasteiger partial charge in [0, 0.05) is 14.1 Å². The highest BCUT2D eigenvalue weighted by Gasteiger charge is 2.27. The molecule has 2 aliphatic rings. The summed E-state index contributed by atoms with van der Waals surface area (Å²) in [6.45, 7) is 14.5. The highest BCUT2D eigenvalue weighted by Crippen LogP contribution is 2.32. The van der Waals surface area contributed by atoms with Crippen molar-refractivity contribution in [2.45, 2.75) is 113 Å². The fraction of sp³-hybridized carbons (Fsp3) is 0.808. The normalized spacial score (nSPS) is 20.0. The van der Waals surface area contributed by atoms with Crippen LogP contribution in [-0.4, -0.2) is 24.9 Å². The van der Waals surface area contributed by atoms with Crippen LogP contribution in [0.4, 0.5) is 0 Å². The molecule has 166 valence electrons. The van der Waals surface area contributed by atoms with E-state index in [1.54, 1.807) is 4.90 Å². The summed E-state index contributed by atoms with van der Waals surface area (Å²) in [6.07, 6.45) is 18.3. The Bertz CT molecular complexity index is 410. The van der Waals surface area contributed by atoms with Gasteiger partial charge in [0.05, 0.1) is 5.92 Å². The molecule has 0 radical (unpaired) electrons. The van der Waals surface area contributed by atoms with E-state index in [2.05, 4.69) is 32.9 Å². The van der Waals surface area contributed by atoms with Crippen molar-refractivity contribution in [2.75, 3.05) is 14.1 Å². The summed E-state index contributed by atoms with van der Waals surface area (Å²) < 4.78 is 0. The number of carbonyl (C=O) groups is 1. The Morgan fingerprint density at radius 1 is 0.929 bits per heavy atom. The predicted octanol–water partition coefficient (Wildman–Crippen LogP) is 8.19. The van der Waals surface area contributed by atoms with Gasteiger partial charge in [-0.3, -0.25) is 4.79 Å². The zero-order valence-electron chi connectivity index (χ0n) is 20.7. The van der Waals surface area contributed by atoms with Crippen molar-refractivity contribution in [1.29, 1.82) is 0 Å². The van der Waals surface area contributed by atoms with E-state index in [1.807, 2.05) is 41.8 Å². The first-order valence-electron chi connectivity index (χ1n) is 12.1. The minimum atomic E-state index is 0.0642. The third-order valence-corrected chi connectivity index (χ3v) is 5.31. The number of rotatable bonds is 3. The van der Waals surface area contributed by atoms with Crippen LogP contribution in [0.15, 0.2) is 23.3 Å². The first-order chi connectivity index (χ1) is 13.5. The van der Waals surface area contributed by atoms with Gasteiger partial charge < -0.3 is 4.90 Å². The molecule has 2 aliphatic carbocycles. The van der Waals surface area contributed by atoms with E-state index in [-0.39, 0.29) is 11.8 Å². The molecule has 28 heavy (non-hydrogen) atoms. The second-order valence-electron chi connectivity index (χ2n) is 7.81. The Labute approximate surface area is 177 Å². The maximum atomic E-state index is 12.1. The zero-order valence-corrected chi connectivity index (χ0v) is 20.7. The Morgan fingerprint density at radius 3 is 1.61 bits per heavy atom. The van der Waals surface area contributed by atoms with Crippen molar-refractivity contribution < 1.29 is 4.79 Å². The maximum Gasteiger partial charge on any atom is 0.229 e. The number of carbonyl (C=O) groups excluding carboxylic acids is 1. The summed E-state index contributed by atoms with van der Waals surface area (Å²) in [7, 11) is 3.67. The minimum absolute atomic E-state index is 0.0642. The van der Waals surface area contributed by atoms with Crippen LogP contribution in [0.25, 0.3) is 0 Å². The Balaban J connectivity index is 0. The predicted molar refractivity (Wildman–Crippen MR) is 128 cm³/mol. The van der Waals surface area contributed by atoms with Crippen LogP contribution in [0.2, 0.25) is 0 Å². The van der Waals surface area contributed by atoms with Gasteiger partial charge in [-0.05, 0) is 25.7 Å². The molecule has 0 aliphatic heterocycles. The van der Waals surface area contributed by atoms with Gasteiger partial charge in [0.15, 0.2) is 0 Å². The Hall–Kier alpha value is -1.05. The first kappa shape index (κ1) is 29.2. The van der Waals surface area contributed by atoms with Crippen LogP contribution >= 0.6 is 0 Å². The first-order valence-corrected chi connectivity index (χ1v) is 12.1. The number of hydrogen-bond donors (Lipinski definition) is 0. The second-order valence-corrected chi connectivity index (χ2v) is 7.81. The lowest BCUT2D eigenvalue weighted by Crippen LogP contribution is -2.32. The van der Waals surface area contributed by atoms with E-state index < -0.39 is 0 Å². The largest absolute Gasteiger partial charge is 0.348 e. The van der Waals surface area contributed by atoms with Crippen LogP contribution in [-0.2, 0) is 4.79 Å². The molecule has 2 atom stereocenters. The third-order valence-electron chi connectivity index (χ3n) is 5.31. The second kappa shape index (κ2) is 19.3. The quantitative estimate of drug-likeness (QED) is 0.473. The lowest BCUT2D eigenvalue weighted by Gasteiger charge is -2.28. The van der Waals surface area contributed by atoms with Crippen LogP contribution in [0.1, 0.15) is 113 Å². The monoisotopic (exact) mass is 393 g/mol. The summed E-state index contributed by atoms with van der Waals surface area (Å²) in [5, 5.41) is 0. The molecule has 0 aromatic carbocycles. The molecular formula is C26H51NO. The Morgan fingerprint density at radius 2 is 1.32 bits per heavy atom. The highest BCUT2D eigenvalue weighted by molar-refractivity contribution is 5.81. The summed E-state index contributed by atoms with van der Waals surface area (Å²) in [6, 6.07) is 0. The fourth-order valence-electron chi connectivity index (χ4n) is 3.81. The molecule has 0 saturated heterocycles. The van der Waals surface area contributed by atoms with Crippen molar-refractivity contribution in [1.82, 2.24) is 4.90 Å². The highest BCUT2D eigenvalue weighted by atomic mass is 16.2. The van der Waals surface area contributed by atoms with E-state index in [9.17, 15) is 4.79 Å². The van der Waals surface area contributed by atoms with Crippen molar-refractivity contribution in [3.63, 3.8) is 0 Å². The molecule has 0 N–H and O–H groups in total. The number of nitrogens with zero attached hydrogens (tertiary/aromatic N) is 1. The lowest BCUT2D eigenvalue weighted by molar-refractivity contribution is -0.132. The molecule has 1 amide bonds. The molecular weight excluding hydrogens is 342 g/mol. The molecule has 0 heterocycles. The van der Waals surface area contributed by atoms with Crippen molar-refractivity contribution in [3.05, 3.63) is 23.3 Å². The van der Waals surface area contributed by atoms with E-state index in [4.69, 9.17) is 0 Å². The molecule has 2 heteroatoms. The topological polar surface area (TPSA) is 20.3 Å². The van der Waals surface area contributed by atoms with Gasteiger partial charge in [-0.2, -0.15) is 0 Å². The van der Waals surface area contributed by atoms with Gasteiger partial charge in [0.2, 0.25) is 5.91 Å². The SMILES string of the molecule is C1CCCCCCC1.CC.CC.CCC(C(=O)N(C)C)C1=CC=C(C)CC1C. The average molecular weight is 394 g/mol. The van der Waals surface area contributed by atoms with E-state index in [1.165, 1.54) is 62.5 Å². The van der Waals surface area contributed by atoms with Crippen LogP contribution in [0, 0.1) is 11.8 Å². The molecule has 0 spiro atoms.